The van der Waals surface area contributed by atoms with E-state index in [0.29, 0.717) is 11.7 Å². The van der Waals surface area contributed by atoms with Crippen molar-refractivity contribution in [3.05, 3.63) is 30.0 Å². The number of benzene rings is 1. The number of anilines is 1. The Morgan fingerprint density at radius 1 is 1.35 bits per heavy atom. The van der Waals surface area contributed by atoms with E-state index >= 15 is 0 Å². The largest absolute Gasteiger partial charge is 0.379 e. The first-order valence-electron chi connectivity index (χ1n) is 7.24. The number of nitriles is 1. The van der Waals surface area contributed by atoms with Gasteiger partial charge in [0.1, 0.15) is 6.07 Å². The van der Waals surface area contributed by atoms with Gasteiger partial charge in [0.2, 0.25) is 0 Å². The van der Waals surface area contributed by atoms with Crippen molar-refractivity contribution in [2.45, 2.75) is 38.6 Å². The summed E-state index contributed by atoms with van der Waals surface area (Å²) in [6.45, 7) is 2.18. The minimum Gasteiger partial charge on any atom is -0.379 e. The highest BCUT2D eigenvalue weighted by Crippen LogP contribution is 2.35. The average molecular weight is 266 g/mol. The van der Waals surface area contributed by atoms with E-state index in [9.17, 15) is 5.26 Å². The summed E-state index contributed by atoms with van der Waals surface area (Å²) in [6, 6.07) is 10.4. The van der Waals surface area contributed by atoms with Crippen molar-refractivity contribution < 1.29 is 0 Å². The lowest BCUT2D eigenvalue weighted by Gasteiger charge is -2.19. The van der Waals surface area contributed by atoms with Crippen LogP contribution in [0.4, 0.5) is 5.69 Å². The van der Waals surface area contributed by atoms with E-state index in [1.165, 1.54) is 19.3 Å². The van der Waals surface area contributed by atoms with Crippen molar-refractivity contribution in [1.29, 1.82) is 5.26 Å². The number of nitrogens with zero attached hydrogens (tertiary/aromatic N) is 3. The standard InChI is InChI=1S/C16H18N4/c1-2-12(9-11-7-8-11)18-16-13-5-3-4-6-14(13)19-20-15(16)10-17/h3-6,11-12H,2,7-9H2,1H3,(H,18,19). The zero-order chi connectivity index (χ0) is 13.9. The van der Waals surface area contributed by atoms with Gasteiger partial charge in [-0.3, -0.25) is 0 Å². The van der Waals surface area contributed by atoms with Gasteiger partial charge in [-0.1, -0.05) is 38.0 Å². The summed E-state index contributed by atoms with van der Waals surface area (Å²) >= 11 is 0. The molecule has 1 aromatic heterocycles. The van der Waals surface area contributed by atoms with Gasteiger partial charge in [-0.25, -0.2) is 0 Å². The monoisotopic (exact) mass is 266 g/mol. The second kappa shape index (κ2) is 5.46. The second-order valence-electron chi connectivity index (χ2n) is 5.48. The highest BCUT2D eigenvalue weighted by atomic mass is 15.1. The topological polar surface area (TPSA) is 61.6 Å². The lowest BCUT2D eigenvalue weighted by molar-refractivity contribution is 0.587. The average Bonchev–Trinajstić information content (AvgIpc) is 3.30. The predicted molar refractivity (Wildman–Crippen MR) is 79.3 cm³/mol. The van der Waals surface area contributed by atoms with Crippen LogP contribution in [0.3, 0.4) is 0 Å². The molecule has 2 aromatic rings. The highest BCUT2D eigenvalue weighted by Gasteiger charge is 2.25. The summed E-state index contributed by atoms with van der Waals surface area (Å²) in [5.41, 5.74) is 2.05. The van der Waals surface area contributed by atoms with Crippen LogP contribution in [-0.2, 0) is 0 Å². The summed E-state index contributed by atoms with van der Waals surface area (Å²) in [7, 11) is 0. The van der Waals surface area contributed by atoms with Gasteiger partial charge < -0.3 is 5.32 Å². The molecule has 4 heteroatoms. The molecule has 1 atom stereocenters. The van der Waals surface area contributed by atoms with Crippen LogP contribution in [0.5, 0.6) is 0 Å². The van der Waals surface area contributed by atoms with Crippen molar-refractivity contribution in [2.75, 3.05) is 5.32 Å². The molecule has 20 heavy (non-hydrogen) atoms. The van der Waals surface area contributed by atoms with Crippen LogP contribution in [0, 0.1) is 17.2 Å². The minimum absolute atomic E-state index is 0.387. The summed E-state index contributed by atoms with van der Waals surface area (Å²) in [6.07, 6.45) is 4.92. The molecule has 1 heterocycles. The number of hydrogen-bond acceptors (Lipinski definition) is 4. The van der Waals surface area contributed by atoms with E-state index in [1.54, 1.807) is 0 Å². The smallest absolute Gasteiger partial charge is 0.186 e. The van der Waals surface area contributed by atoms with Crippen LogP contribution >= 0.6 is 0 Å². The SMILES string of the molecule is CCC(CC1CC1)Nc1c(C#N)nnc2ccccc12. The summed E-state index contributed by atoms with van der Waals surface area (Å²) in [5, 5.41) is 21.9. The summed E-state index contributed by atoms with van der Waals surface area (Å²) < 4.78 is 0. The fourth-order valence-corrected chi connectivity index (χ4v) is 2.57. The van der Waals surface area contributed by atoms with Crippen molar-refractivity contribution >= 4 is 16.6 Å². The molecule has 0 bridgehead atoms. The normalized spacial score (nSPS) is 15.8. The molecule has 1 saturated carbocycles. The number of aromatic nitrogens is 2. The van der Waals surface area contributed by atoms with Gasteiger partial charge in [0.15, 0.2) is 5.69 Å². The Bertz CT molecular complexity index is 655. The highest BCUT2D eigenvalue weighted by molar-refractivity contribution is 5.92. The molecule has 1 N–H and O–H groups in total. The molecular formula is C16H18N4. The molecule has 4 nitrogen and oxygen atoms in total. The van der Waals surface area contributed by atoms with E-state index in [2.05, 4.69) is 28.5 Å². The summed E-state index contributed by atoms with van der Waals surface area (Å²) in [5.74, 6) is 0.860. The first-order valence-corrected chi connectivity index (χ1v) is 7.24. The van der Waals surface area contributed by atoms with Crippen molar-refractivity contribution in [1.82, 2.24) is 10.2 Å². The van der Waals surface area contributed by atoms with Crippen LogP contribution in [-0.4, -0.2) is 16.2 Å². The maximum atomic E-state index is 9.27. The molecule has 0 aliphatic heterocycles. The van der Waals surface area contributed by atoms with Gasteiger partial charge in [0, 0.05) is 11.4 Å². The third-order valence-electron chi connectivity index (χ3n) is 3.93. The Hall–Kier alpha value is -2.15. The fourth-order valence-electron chi connectivity index (χ4n) is 2.57. The third-order valence-corrected chi connectivity index (χ3v) is 3.93. The van der Waals surface area contributed by atoms with E-state index in [-0.39, 0.29) is 0 Å². The molecule has 0 saturated heterocycles. The van der Waals surface area contributed by atoms with Gasteiger partial charge >= 0.3 is 0 Å². The number of hydrogen-bond donors (Lipinski definition) is 1. The van der Waals surface area contributed by atoms with Crippen LogP contribution in [0.25, 0.3) is 10.9 Å². The maximum Gasteiger partial charge on any atom is 0.186 e. The first-order chi connectivity index (χ1) is 9.81. The molecule has 1 aliphatic rings. The van der Waals surface area contributed by atoms with Crippen LogP contribution < -0.4 is 5.32 Å². The Balaban J connectivity index is 1.97. The Kier molecular flexibility index (Phi) is 3.51. The first kappa shape index (κ1) is 12.9. The van der Waals surface area contributed by atoms with Crippen molar-refractivity contribution in [2.24, 2.45) is 5.92 Å². The molecule has 0 radical (unpaired) electrons. The fraction of sp³-hybridized carbons (Fsp3) is 0.438. The number of rotatable bonds is 5. The molecule has 0 amide bonds. The Labute approximate surface area is 118 Å². The molecule has 3 rings (SSSR count). The van der Waals surface area contributed by atoms with Crippen molar-refractivity contribution in [3.8, 4) is 6.07 Å². The molecule has 1 unspecified atom stereocenters. The quantitative estimate of drug-likeness (QED) is 0.899. The van der Waals surface area contributed by atoms with Crippen LogP contribution in [0.15, 0.2) is 24.3 Å². The van der Waals surface area contributed by atoms with Crippen molar-refractivity contribution in [3.63, 3.8) is 0 Å². The third kappa shape index (κ3) is 2.57. The molecule has 1 fully saturated rings. The van der Waals surface area contributed by atoms with E-state index in [1.807, 2.05) is 24.3 Å². The second-order valence-corrected chi connectivity index (χ2v) is 5.48. The van der Waals surface area contributed by atoms with E-state index < -0.39 is 0 Å². The lowest BCUT2D eigenvalue weighted by Crippen LogP contribution is -2.20. The van der Waals surface area contributed by atoms with Gasteiger partial charge in [-0.2, -0.15) is 5.26 Å². The molecule has 0 spiro atoms. The van der Waals surface area contributed by atoms with Crippen LogP contribution in [0.1, 0.15) is 38.3 Å². The predicted octanol–water partition coefficient (Wildman–Crippen LogP) is 3.49. The van der Waals surface area contributed by atoms with Gasteiger partial charge in [0.25, 0.3) is 0 Å². The zero-order valence-electron chi connectivity index (χ0n) is 11.6. The van der Waals surface area contributed by atoms with Gasteiger partial charge in [-0.05, 0) is 24.8 Å². The van der Waals surface area contributed by atoms with E-state index in [0.717, 1.165) is 28.9 Å². The summed E-state index contributed by atoms with van der Waals surface area (Å²) in [4.78, 5) is 0. The van der Waals surface area contributed by atoms with Gasteiger partial charge in [-0.15, -0.1) is 10.2 Å². The molecule has 1 aliphatic carbocycles. The molecular weight excluding hydrogens is 248 g/mol. The maximum absolute atomic E-state index is 9.27. The van der Waals surface area contributed by atoms with Gasteiger partial charge in [0.05, 0.1) is 11.2 Å². The number of nitrogens with one attached hydrogen (secondary N) is 1. The molecule has 1 aromatic carbocycles. The lowest BCUT2D eigenvalue weighted by atomic mass is 10.1. The zero-order valence-corrected chi connectivity index (χ0v) is 11.6. The Morgan fingerprint density at radius 3 is 2.85 bits per heavy atom. The van der Waals surface area contributed by atoms with E-state index in [4.69, 9.17) is 0 Å². The Morgan fingerprint density at radius 2 is 2.15 bits per heavy atom. The number of fused-ring (bicyclic) bond motifs is 1. The minimum atomic E-state index is 0.387. The molecule has 102 valence electrons. The van der Waals surface area contributed by atoms with Crippen LogP contribution in [0.2, 0.25) is 0 Å².